The Morgan fingerprint density at radius 3 is 2.43 bits per heavy atom. The smallest absolute Gasteiger partial charge is 0.0114 e. The van der Waals surface area contributed by atoms with Crippen molar-refractivity contribution in [1.29, 1.82) is 0 Å². The summed E-state index contributed by atoms with van der Waals surface area (Å²) in [5, 5.41) is 0. The first-order chi connectivity index (χ1) is 3.43. The first-order valence-electron chi connectivity index (χ1n) is 2.52. The first-order valence-corrected chi connectivity index (χ1v) is 3.29. The molecule has 0 radical (unpaired) electrons. The van der Waals surface area contributed by atoms with E-state index in [2.05, 4.69) is 9.03 Å². The molecule has 0 bridgehead atoms. The largest absolute Gasteiger partial charge is 0.254 e. The highest BCUT2D eigenvalue weighted by Crippen LogP contribution is 2.13. The molecule has 1 heterocycles. The number of hydrogen-bond donors (Lipinski definition) is 1. The Hall–Kier alpha value is 0.270. The molecule has 0 aromatic carbocycles. The molecule has 3 heteroatoms. The zero-order chi connectivity index (χ0) is 5.11. The van der Waals surface area contributed by atoms with Crippen LogP contribution < -0.4 is 4.72 Å². The van der Waals surface area contributed by atoms with Crippen LogP contribution in [0.1, 0.15) is 6.42 Å². The monoisotopic (exact) mass is 118 g/mol. The Morgan fingerprint density at radius 2 is 2.29 bits per heavy atom. The number of hydrogen-bond acceptors (Lipinski definition) is 3. The van der Waals surface area contributed by atoms with Gasteiger partial charge in [0, 0.05) is 25.2 Å². The van der Waals surface area contributed by atoms with Crippen LogP contribution in [0, 0.1) is 0 Å². The van der Waals surface area contributed by atoms with Crippen molar-refractivity contribution in [2.75, 3.05) is 20.1 Å². The number of nitrogens with one attached hydrogen (secondary N) is 1. The van der Waals surface area contributed by atoms with Crippen LogP contribution in [0.4, 0.5) is 0 Å². The molecule has 0 aliphatic carbocycles. The van der Waals surface area contributed by atoms with Gasteiger partial charge in [0.05, 0.1) is 0 Å². The van der Waals surface area contributed by atoms with Gasteiger partial charge in [-0.1, -0.05) is 0 Å². The van der Waals surface area contributed by atoms with Crippen LogP contribution in [0.15, 0.2) is 0 Å². The SMILES string of the molecule is CNSN1CCC1. The lowest BCUT2D eigenvalue weighted by Crippen LogP contribution is -2.32. The Balaban J connectivity index is 1.93. The summed E-state index contributed by atoms with van der Waals surface area (Å²) in [5.74, 6) is 0. The summed E-state index contributed by atoms with van der Waals surface area (Å²) in [6.45, 7) is 2.51. The van der Waals surface area contributed by atoms with E-state index in [1.165, 1.54) is 19.5 Å². The fourth-order valence-corrected chi connectivity index (χ4v) is 1.21. The lowest BCUT2D eigenvalue weighted by molar-refractivity contribution is 0.342. The third-order valence-corrected chi connectivity index (χ3v) is 1.84. The maximum absolute atomic E-state index is 3.01. The highest BCUT2D eigenvalue weighted by Gasteiger charge is 2.12. The Morgan fingerprint density at radius 1 is 1.57 bits per heavy atom. The molecule has 7 heavy (non-hydrogen) atoms. The first kappa shape index (κ1) is 5.41. The molecular weight excluding hydrogens is 108 g/mol. The van der Waals surface area contributed by atoms with E-state index in [9.17, 15) is 0 Å². The van der Waals surface area contributed by atoms with Gasteiger partial charge in [-0.2, -0.15) is 0 Å². The summed E-state index contributed by atoms with van der Waals surface area (Å²) in [4.78, 5) is 0. The fraction of sp³-hybridized carbons (Fsp3) is 1.00. The van der Waals surface area contributed by atoms with Gasteiger partial charge in [-0.15, -0.1) is 0 Å². The van der Waals surface area contributed by atoms with Crippen LogP contribution in [0.2, 0.25) is 0 Å². The van der Waals surface area contributed by atoms with Gasteiger partial charge in [-0.3, -0.25) is 4.72 Å². The van der Waals surface area contributed by atoms with Crippen molar-refractivity contribution in [2.45, 2.75) is 6.42 Å². The topological polar surface area (TPSA) is 15.3 Å². The molecule has 1 saturated heterocycles. The normalized spacial score (nSPS) is 21.9. The van der Waals surface area contributed by atoms with Crippen molar-refractivity contribution in [3.8, 4) is 0 Å². The highest BCUT2D eigenvalue weighted by atomic mass is 32.2. The van der Waals surface area contributed by atoms with Crippen LogP contribution in [0.5, 0.6) is 0 Å². The zero-order valence-electron chi connectivity index (χ0n) is 4.48. The molecule has 1 aliphatic heterocycles. The molecular formula is C4H10N2S. The van der Waals surface area contributed by atoms with Gasteiger partial charge >= 0.3 is 0 Å². The maximum Gasteiger partial charge on any atom is 0.0114 e. The average Bonchev–Trinajstić information content (AvgIpc) is 1.55. The number of nitrogens with zero attached hydrogens (tertiary/aromatic N) is 1. The van der Waals surface area contributed by atoms with Crippen molar-refractivity contribution in [3.63, 3.8) is 0 Å². The third kappa shape index (κ3) is 1.33. The average molecular weight is 118 g/mol. The molecule has 1 aliphatic rings. The van der Waals surface area contributed by atoms with Crippen LogP contribution in [0.25, 0.3) is 0 Å². The minimum Gasteiger partial charge on any atom is -0.254 e. The highest BCUT2D eigenvalue weighted by molar-refractivity contribution is 7.95. The lowest BCUT2D eigenvalue weighted by Gasteiger charge is -2.27. The minimum atomic E-state index is 1.26. The van der Waals surface area contributed by atoms with Gasteiger partial charge in [0.25, 0.3) is 0 Å². The van der Waals surface area contributed by atoms with Crippen LogP contribution in [-0.2, 0) is 0 Å². The van der Waals surface area contributed by atoms with Gasteiger partial charge in [-0.25, -0.2) is 4.31 Å². The van der Waals surface area contributed by atoms with Crippen molar-refractivity contribution in [2.24, 2.45) is 0 Å². The molecule has 1 fully saturated rings. The minimum absolute atomic E-state index is 1.26. The molecule has 0 spiro atoms. The fourth-order valence-electron chi connectivity index (χ4n) is 0.508. The molecule has 1 N–H and O–H groups in total. The molecule has 0 aromatic heterocycles. The summed E-state index contributed by atoms with van der Waals surface area (Å²) in [7, 11) is 1.95. The van der Waals surface area contributed by atoms with E-state index in [1.807, 2.05) is 7.05 Å². The van der Waals surface area contributed by atoms with Gasteiger partial charge in [-0.05, 0) is 13.5 Å². The second kappa shape index (κ2) is 2.55. The molecule has 0 saturated carbocycles. The molecule has 2 nitrogen and oxygen atoms in total. The van der Waals surface area contributed by atoms with Crippen molar-refractivity contribution >= 4 is 12.1 Å². The van der Waals surface area contributed by atoms with E-state index in [0.717, 1.165) is 0 Å². The summed E-state index contributed by atoms with van der Waals surface area (Å²) in [6, 6.07) is 0. The van der Waals surface area contributed by atoms with Gasteiger partial charge < -0.3 is 0 Å². The predicted octanol–water partition coefficient (Wildman–Crippen LogP) is 0.475. The Labute approximate surface area is 48.5 Å². The standard InChI is InChI=1S/C4H10N2S/c1-5-7-6-3-2-4-6/h5H,2-4H2,1H3. The summed E-state index contributed by atoms with van der Waals surface area (Å²) in [6.07, 6.45) is 1.37. The summed E-state index contributed by atoms with van der Waals surface area (Å²) >= 11 is 1.70. The van der Waals surface area contributed by atoms with Crippen LogP contribution in [-0.4, -0.2) is 24.4 Å². The van der Waals surface area contributed by atoms with E-state index >= 15 is 0 Å². The van der Waals surface area contributed by atoms with E-state index in [4.69, 9.17) is 0 Å². The summed E-state index contributed by atoms with van der Waals surface area (Å²) in [5.41, 5.74) is 0. The molecule has 0 atom stereocenters. The molecule has 0 amide bonds. The predicted molar refractivity (Wildman–Crippen MR) is 32.8 cm³/mol. The molecule has 1 rings (SSSR count). The lowest BCUT2D eigenvalue weighted by atomic mass is 10.3. The third-order valence-electron chi connectivity index (χ3n) is 1.04. The molecule has 0 unspecified atom stereocenters. The van der Waals surface area contributed by atoms with E-state index in [0.29, 0.717) is 0 Å². The van der Waals surface area contributed by atoms with Crippen molar-refractivity contribution in [1.82, 2.24) is 9.03 Å². The quantitative estimate of drug-likeness (QED) is 0.531. The van der Waals surface area contributed by atoms with Crippen LogP contribution >= 0.6 is 12.1 Å². The van der Waals surface area contributed by atoms with E-state index < -0.39 is 0 Å². The van der Waals surface area contributed by atoms with Gasteiger partial charge in [0.1, 0.15) is 0 Å². The maximum atomic E-state index is 3.01. The second-order valence-corrected chi connectivity index (χ2v) is 2.69. The Kier molecular flexibility index (Phi) is 1.97. The Bertz CT molecular complexity index is 53.7. The van der Waals surface area contributed by atoms with Crippen LogP contribution in [0.3, 0.4) is 0 Å². The van der Waals surface area contributed by atoms with Gasteiger partial charge in [0.15, 0.2) is 0 Å². The van der Waals surface area contributed by atoms with Gasteiger partial charge in [0.2, 0.25) is 0 Å². The van der Waals surface area contributed by atoms with Crippen molar-refractivity contribution < 1.29 is 0 Å². The molecule has 0 aromatic rings. The van der Waals surface area contributed by atoms with E-state index in [-0.39, 0.29) is 0 Å². The summed E-state index contributed by atoms with van der Waals surface area (Å²) < 4.78 is 5.30. The molecule has 42 valence electrons. The zero-order valence-corrected chi connectivity index (χ0v) is 5.29. The van der Waals surface area contributed by atoms with E-state index in [1.54, 1.807) is 12.1 Å². The number of rotatable bonds is 2. The van der Waals surface area contributed by atoms with Crippen molar-refractivity contribution in [3.05, 3.63) is 0 Å². The second-order valence-electron chi connectivity index (χ2n) is 1.58.